The van der Waals surface area contributed by atoms with Gasteiger partial charge in [0.1, 0.15) is 24.1 Å². The molecule has 0 saturated carbocycles. The zero-order valence-corrected chi connectivity index (χ0v) is 26.9. The summed E-state index contributed by atoms with van der Waals surface area (Å²) in [5, 5.41) is 3.31. The van der Waals surface area contributed by atoms with Crippen molar-refractivity contribution in [1.29, 1.82) is 0 Å². The number of amides is 2. The number of likely N-dealkylation sites (N-methyl/N-ethyl adjacent to an activating group) is 1. The molecule has 0 radical (unpaired) electrons. The highest BCUT2D eigenvalue weighted by Crippen LogP contribution is 2.33. The van der Waals surface area contributed by atoms with Gasteiger partial charge in [0.15, 0.2) is 0 Å². The maximum absolute atomic E-state index is 14.5. The SMILES string of the molecule is CCNC(=O)C(Cc1ccccc1)N(Cc1cccc(Cl)c1)C(=O)CN(c1ccccc1OC)S(=O)(=O)c1ccc(OC)cc1. The number of benzene rings is 4. The molecule has 0 fully saturated rings. The molecule has 45 heavy (non-hydrogen) atoms. The summed E-state index contributed by atoms with van der Waals surface area (Å²) in [6, 6.07) is 27.8. The number of nitrogens with one attached hydrogen (secondary N) is 1. The Bertz CT molecular complexity index is 1700. The Balaban J connectivity index is 1.82. The Morgan fingerprint density at radius 1 is 0.844 bits per heavy atom. The average Bonchev–Trinajstić information content (AvgIpc) is 3.05. The van der Waals surface area contributed by atoms with Crippen molar-refractivity contribution in [2.75, 3.05) is 31.6 Å². The topological polar surface area (TPSA) is 105 Å². The molecule has 0 spiro atoms. The number of hydrogen-bond donors (Lipinski definition) is 1. The number of hydrogen-bond acceptors (Lipinski definition) is 6. The predicted octanol–water partition coefficient (Wildman–Crippen LogP) is 5.33. The van der Waals surface area contributed by atoms with Gasteiger partial charge in [-0.15, -0.1) is 0 Å². The molecular weight excluding hydrogens is 614 g/mol. The number of carbonyl (C=O) groups excluding carboxylic acids is 2. The standard InChI is InChI=1S/C34H36ClN3O6S/c1-4-36-34(40)31(22-25-11-6-5-7-12-25)37(23-26-13-10-14-27(35)21-26)33(39)24-38(30-15-8-9-16-32(30)44-3)45(41,42)29-19-17-28(43-2)18-20-29/h5-21,31H,4,22-24H2,1-3H3,(H,36,40). The molecular formula is C34H36ClN3O6S. The Morgan fingerprint density at radius 3 is 2.16 bits per heavy atom. The Hall–Kier alpha value is -4.54. The minimum Gasteiger partial charge on any atom is -0.497 e. The third-order valence-electron chi connectivity index (χ3n) is 7.14. The van der Waals surface area contributed by atoms with Gasteiger partial charge in [0.25, 0.3) is 10.0 Å². The van der Waals surface area contributed by atoms with Crippen molar-refractivity contribution in [2.24, 2.45) is 0 Å². The predicted molar refractivity (Wildman–Crippen MR) is 175 cm³/mol. The Morgan fingerprint density at radius 2 is 1.51 bits per heavy atom. The second-order valence-electron chi connectivity index (χ2n) is 10.1. The van der Waals surface area contributed by atoms with Gasteiger partial charge < -0.3 is 19.7 Å². The molecule has 11 heteroatoms. The lowest BCUT2D eigenvalue weighted by Gasteiger charge is -2.34. The van der Waals surface area contributed by atoms with Crippen molar-refractivity contribution in [1.82, 2.24) is 10.2 Å². The van der Waals surface area contributed by atoms with Crippen molar-refractivity contribution >= 4 is 39.1 Å². The van der Waals surface area contributed by atoms with Gasteiger partial charge >= 0.3 is 0 Å². The van der Waals surface area contributed by atoms with Crippen LogP contribution >= 0.6 is 11.6 Å². The van der Waals surface area contributed by atoms with Crippen LogP contribution in [0.2, 0.25) is 5.02 Å². The molecule has 4 aromatic rings. The summed E-state index contributed by atoms with van der Waals surface area (Å²) in [7, 11) is -1.40. The normalized spacial score (nSPS) is 11.7. The van der Waals surface area contributed by atoms with Gasteiger partial charge in [0.05, 0.1) is 24.8 Å². The smallest absolute Gasteiger partial charge is 0.264 e. The van der Waals surface area contributed by atoms with E-state index >= 15 is 0 Å². The van der Waals surface area contributed by atoms with E-state index in [1.807, 2.05) is 30.3 Å². The lowest BCUT2D eigenvalue weighted by molar-refractivity contribution is -0.140. The molecule has 9 nitrogen and oxygen atoms in total. The van der Waals surface area contributed by atoms with Gasteiger partial charge in [-0.05, 0) is 66.6 Å². The number of anilines is 1. The highest BCUT2D eigenvalue weighted by Gasteiger charge is 2.35. The van der Waals surface area contributed by atoms with Crippen LogP contribution in [0, 0.1) is 0 Å². The number of rotatable bonds is 14. The molecule has 236 valence electrons. The van der Waals surface area contributed by atoms with Gasteiger partial charge in [-0.3, -0.25) is 13.9 Å². The van der Waals surface area contributed by atoms with E-state index in [0.29, 0.717) is 22.9 Å². The minimum atomic E-state index is -4.31. The molecule has 4 aromatic carbocycles. The molecule has 4 rings (SSSR count). The number of nitrogens with zero attached hydrogens (tertiary/aromatic N) is 2. The van der Waals surface area contributed by atoms with Crippen LogP contribution in [0.3, 0.4) is 0 Å². The first-order valence-corrected chi connectivity index (χ1v) is 16.1. The van der Waals surface area contributed by atoms with E-state index in [2.05, 4.69) is 5.32 Å². The van der Waals surface area contributed by atoms with Crippen molar-refractivity contribution in [3.8, 4) is 11.5 Å². The number of ether oxygens (including phenoxy) is 2. The number of sulfonamides is 1. The van der Waals surface area contributed by atoms with Crippen LogP contribution in [0.4, 0.5) is 5.69 Å². The van der Waals surface area contributed by atoms with Crippen molar-refractivity contribution in [3.05, 3.63) is 119 Å². The van der Waals surface area contributed by atoms with E-state index in [4.69, 9.17) is 21.1 Å². The zero-order valence-electron chi connectivity index (χ0n) is 25.4. The molecule has 1 unspecified atom stereocenters. The van der Waals surface area contributed by atoms with E-state index in [1.165, 1.54) is 43.4 Å². The molecule has 0 aliphatic heterocycles. The number of para-hydroxylation sites is 2. The van der Waals surface area contributed by atoms with E-state index in [1.54, 1.807) is 55.5 Å². The quantitative estimate of drug-likeness (QED) is 0.198. The lowest BCUT2D eigenvalue weighted by atomic mass is 10.0. The molecule has 0 aliphatic carbocycles. The van der Waals surface area contributed by atoms with Gasteiger partial charge in [0.2, 0.25) is 11.8 Å². The van der Waals surface area contributed by atoms with Crippen LogP contribution in [0.25, 0.3) is 0 Å². The van der Waals surface area contributed by atoms with Crippen LogP contribution < -0.4 is 19.1 Å². The third-order valence-corrected chi connectivity index (χ3v) is 9.15. The van der Waals surface area contributed by atoms with Crippen molar-refractivity contribution in [2.45, 2.75) is 30.8 Å². The summed E-state index contributed by atoms with van der Waals surface area (Å²) >= 11 is 6.28. The van der Waals surface area contributed by atoms with Crippen LogP contribution in [0.15, 0.2) is 108 Å². The van der Waals surface area contributed by atoms with Gasteiger partial charge in [-0.25, -0.2) is 8.42 Å². The van der Waals surface area contributed by atoms with Crippen LogP contribution in [0.1, 0.15) is 18.1 Å². The van der Waals surface area contributed by atoms with Crippen molar-refractivity contribution in [3.63, 3.8) is 0 Å². The molecule has 0 aromatic heterocycles. The van der Waals surface area contributed by atoms with Gasteiger partial charge in [-0.2, -0.15) is 0 Å². The maximum atomic E-state index is 14.5. The summed E-state index contributed by atoms with van der Waals surface area (Å²) in [6.07, 6.45) is 0.207. The van der Waals surface area contributed by atoms with Gasteiger partial charge in [0, 0.05) is 24.5 Å². The first-order chi connectivity index (χ1) is 21.7. The van der Waals surface area contributed by atoms with Crippen LogP contribution in [-0.2, 0) is 32.6 Å². The summed E-state index contributed by atoms with van der Waals surface area (Å²) in [6.45, 7) is 1.55. The van der Waals surface area contributed by atoms with Gasteiger partial charge in [-0.1, -0.05) is 66.2 Å². The molecule has 0 saturated heterocycles. The number of halogens is 1. The highest BCUT2D eigenvalue weighted by molar-refractivity contribution is 7.92. The fourth-order valence-electron chi connectivity index (χ4n) is 4.90. The monoisotopic (exact) mass is 649 g/mol. The zero-order chi connectivity index (χ0) is 32.4. The molecule has 2 amide bonds. The molecule has 0 heterocycles. The van der Waals surface area contributed by atoms with Crippen LogP contribution in [0.5, 0.6) is 11.5 Å². The van der Waals surface area contributed by atoms with E-state index in [-0.39, 0.29) is 35.2 Å². The summed E-state index contributed by atoms with van der Waals surface area (Å²) in [5.41, 5.74) is 1.69. The highest BCUT2D eigenvalue weighted by atomic mass is 35.5. The molecule has 0 bridgehead atoms. The summed E-state index contributed by atoms with van der Waals surface area (Å²) in [4.78, 5) is 29.4. The summed E-state index contributed by atoms with van der Waals surface area (Å²) in [5.74, 6) is -0.218. The average molecular weight is 650 g/mol. The number of carbonyl (C=O) groups is 2. The largest absolute Gasteiger partial charge is 0.497 e. The Kier molecular flexibility index (Phi) is 11.5. The van der Waals surface area contributed by atoms with Crippen LogP contribution in [-0.4, -0.2) is 58.5 Å². The van der Waals surface area contributed by atoms with E-state index in [9.17, 15) is 18.0 Å². The maximum Gasteiger partial charge on any atom is 0.264 e. The second kappa shape index (κ2) is 15.5. The fraction of sp³-hybridized carbons (Fsp3) is 0.235. The lowest BCUT2D eigenvalue weighted by Crippen LogP contribution is -2.53. The van der Waals surface area contributed by atoms with Crippen molar-refractivity contribution < 1.29 is 27.5 Å². The van der Waals surface area contributed by atoms with E-state index < -0.39 is 28.5 Å². The Labute approximate surface area is 269 Å². The first kappa shape index (κ1) is 33.4. The van der Waals surface area contributed by atoms with E-state index in [0.717, 1.165) is 9.87 Å². The third kappa shape index (κ3) is 8.34. The second-order valence-corrected chi connectivity index (χ2v) is 12.4. The number of methoxy groups -OCH3 is 2. The fourth-order valence-corrected chi connectivity index (χ4v) is 6.54. The minimum absolute atomic E-state index is 0.0103. The molecule has 0 aliphatic rings. The molecule has 1 atom stereocenters. The first-order valence-electron chi connectivity index (χ1n) is 14.3. The summed E-state index contributed by atoms with van der Waals surface area (Å²) < 4.78 is 40.2. The molecule has 1 N–H and O–H groups in total.